The number of piperazine rings is 1. The van der Waals surface area contributed by atoms with Crippen molar-refractivity contribution in [1.29, 1.82) is 0 Å². The number of amides is 1. The predicted octanol–water partition coefficient (Wildman–Crippen LogP) is 4.83. The molecular formula is C29H26F2N6O. The third-order valence-corrected chi connectivity index (χ3v) is 7.13. The Hall–Kier alpha value is -4.37. The molecule has 2 N–H and O–H groups in total. The molecule has 0 atom stereocenters. The number of pyridine rings is 2. The van der Waals surface area contributed by atoms with Gasteiger partial charge < -0.3 is 20.4 Å². The number of nitrogens with one attached hydrogen (secondary N) is 2. The highest BCUT2D eigenvalue weighted by atomic mass is 19.1. The molecule has 6 rings (SSSR count). The Morgan fingerprint density at radius 3 is 2.45 bits per heavy atom. The first-order valence-electron chi connectivity index (χ1n) is 12.5. The molecule has 1 fully saturated rings. The molecule has 0 aliphatic carbocycles. The van der Waals surface area contributed by atoms with E-state index in [1.54, 1.807) is 12.1 Å². The molecule has 0 radical (unpaired) electrons. The fourth-order valence-electron chi connectivity index (χ4n) is 5.05. The Morgan fingerprint density at radius 2 is 1.71 bits per heavy atom. The van der Waals surface area contributed by atoms with Gasteiger partial charge in [0.1, 0.15) is 17.5 Å². The van der Waals surface area contributed by atoms with Gasteiger partial charge in [-0.15, -0.1) is 0 Å². The summed E-state index contributed by atoms with van der Waals surface area (Å²) in [5.74, 6) is -0.906. The highest BCUT2D eigenvalue weighted by Gasteiger charge is 2.27. The Balaban J connectivity index is 1.30. The maximum absolute atomic E-state index is 14.4. The van der Waals surface area contributed by atoms with Gasteiger partial charge in [0.15, 0.2) is 0 Å². The number of fused-ring (bicyclic) bond motifs is 1. The summed E-state index contributed by atoms with van der Waals surface area (Å²) in [4.78, 5) is 26.2. The van der Waals surface area contributed by atoms with E-state index in [0.29, 0.717) is 29.2 Å². The first-order chi connectivity index (χ1) is 18.5. The van der Waals surface area contributed by atoms with E-state index in [9.17, 15) is 13.6 Å². The Kier molecular flexibility index (Phi) is 6.21. The number of anilines is 3. The number of likely N-dealkylation sites (N-methyl/N-ethyl adjacent to an activating group) is 1. The van der Waals surface area contributed by atoms with E-state index >= 15 is 0 Å². The largest absolute Gasteiger partial charge is 0.368 e. The van der Waals surface area contributed by atoms with E-state index < -0.39 is 11.6 Å². The third-order valence-electron chi connectivity index (χ3n) is 7.13. The van der Waals surface area contributed by atoms with Crippen molar-refractivity contribution < 1.29 is 13.6 Å². The van der Waals surface area contributed by atoms with Gasteiger partial charge in [-0.2, -0.15) is 0 Å². The van der Waals surface area contributed by atoms with Gasteiger partial charge in [-0.1, -0.05) is 12.1 Å². The molecule has 0 bridgehead atoms. The number of nitrogens with zero attached hydrogens (tertiary/aromatic N) is 4. The van der Waals surface area contributed by atoms with Gasteiger partial charge in [-0.3, -0.25) is 9.78 Å². The maximum atomic E-state index is 14.4. The Labute approximate surface area is 219 Å². The first kappa shape index (κ1) is 24.0. The highest BCUT2D eigenvalue weighted by molar-refractivity contribution is 6.06. The van der Waals surface area contributed by atoms with Crippen LogP contribution in [-0.4, -0.2) is 54.0 Å². The number of carbonyl (C=O) groups excluding carboxylic acids is 1. The van der Waals surface area contributed by atoms with Gasteiger partial charge in [-0.05, 0) is 66.2 Å². The number of aromatic nitrogens is 2. The van der Waals surface area contributed by atoms with Crippen molar-refractivity contribution in [2.45, 2.75) is 6.54 Å². The minimum absolute atomic E-state index is 0.176. The first-order valence-corrected chi connectivity index (χ1v) is 12.5. The van der Waals surface area contributed by atoms with Crippen LogP contribution in [0.5, 0.6) is 0 Å². The molecule has 0 saturated carbocycles. The van der Waals surface area contributed by atoms with Gasteiger partial charge in [0.2, 0.25) is 0 Å². The van der Waals surface area contributed by atoms with Crippen molar-refractivity contribution in [1.82, 2.24) is 20.2 Å². The van der Waals surface area contributed by atoms with Gasteiger partial charge >= 0.3 is 0 Å². The molecule has 9 heteroatoms. The second-order valence-corrected chi connectivity index (χ2v) is 9.54. The average Bonchev–Trinajstić information content (AvgIpc) is 3.32. The molecular weight excluding hydrogens is 486 g/mol. The molecule has 4 heterocycles. The van der Waals surface area contributed by atoms with E-state index in [0.717, 1.165) is 43.0 Å². The van der Waals surface area contributed by atoms with Crippen molar-refractivity contribution in [2.75, 3.05) is 43.4 Å². The van der Waals surface area contributed by atoms with Crippen LogP contribution in [0.3, 0.4) is 0 Å². The molecule has 38 heavy (non-hydrogen) atoms. The smallest absolute Gasteiger partial charge is 0.254 e. The van der Waals surface area contributed by atoms with Crippen molar-refractivity contribution in [3.8, 4) is 22.4 Å². The molecule has 2 aliphatic heterocycles. The zero-order valence-electron chi connectivity index (χ0n) is 20.8. The van der Waals surface area contributed by atoms with E-state index in [1.165, 1.54) is 24.4 Å². The number of rotatable bonds is 5. The molecule has 2 aromatic heterocycles. The fraction of sp³-hybridized carbons (Fsp3) is 0.207. The maximum Gasteiger partial charge on any atom is 0.254 e. The summed E-state index contributed by atoms with van der Waals surface area (Å²) >= 11 is 0. The summed E-state index contributed by atoms with van der Waals surface area (Å²) in [7, 11) is 2.12. The number of halogens is 2. The predicted molar refractivity (Wildman–Crippen MR) is 143 cm³/mol. The molecule has 1 saturated heterocycles. The van der Waals surface area contributed by atoms with Crippen LogP contribution in [0.15, 0.2) is 67.0 Å². The van der Waals surface area contributed by atoms with Crippen molar-refractivity contribution in [2.24, 2.45) is 0 Å². The van der Waals surface area contributed by atoms with E-state index in [-0.39, 0.29) is 17.2 Å². The molecule has 0 unspecified atom stereocenters. The molecule has 0 spiro atoms. The van der Waals surface area contributed by atoms with Crippen LogP contribution in [0.25, 0.3) is 22.4 Å². The molecule has 192 valence electrons. The Morgan fingerprint density at radius 1 is 0.921 bits per heavy atom. The number of carbonyl (C=O) groups is 1. The van der Waals surface area contributed by atoms with Crippen molar-refractivity contribution in [3.63, 3.8) is 0 Å². The van der Waals surface area contributed by atoms with Crippen LogP contribution in [0.1, 0.15) is 15.9 Å². The quantitative estimate of drug-likeness (QED) is 0.399. The third kappa shape index (κ3) is 4.45. The van der Waals surface area contributed by atoms with E-state index in [4.69, 9.17) is 0 Å². The lowest BCUT2D eigenvalue weighted by atomic mass is 9.95. The van der Waals surface area contributed by atoms with Crippen LogP contribution >= 0.6 is 0 Å². The number of hydrogen-bond acceptors (Lipinski definition) is 6. The van der Waals surface area contributed by atoms with Crippen molar-refractivity contribution >= 4 is 23.1 Å². The minimum atomic E-state index is -0.678. The average molecular weight is 513 g/mol. The van der Waals surface area contributed by atoms with E-state index in [2.05, 4.69) is 37.4 Å². The summed E-state index contributed by atoms with van der Waals surface area (Å²) in [6.45, 7) is 4.30. The number of hydrogen-bond donors (Lipinski definition) is 2. The monoisotopic (exact) mass is 512 g/mol. The Bertz CT molecular complexity index is 1500. The normalized spacial score (nSPS) is 15.3. The lowest BCUT2D eigenvalue weighted by Gasteiger charge is -2.33. The highest BCUT2D eigenvalue weighted by Crippen LogP contribution is 2.36. The van der Waals surface area contributed by atoms with Crippen molar-refractivity contribution in [3.05, 3.63) is 89.8 Å². The summed E-state index contributed by atoms with van der Waals surface area (Å²) in [5.41, 5.74) is 4.58. The molecule has 7 nitrogen and oxygen atoms in total. The molecule has 1 amide bonds. The lowest BCUT2D eigenvalue weighted by molar-refractivity contribution is 0.0966. The van der Waals surface area contributed by atoms with Crippen LogP contribution < -0.4 is 15.5 Å². The van der Waals surface area contributed by atoms with Gasteiger partial charge in [-0.25, -0.2) is 13.8 Å². The number of benzene rings is 2. The summed E-state index contributed by atoms with van der Waals surface area (Å²) in [6.07, 6.45) is 3.37. The summed E-state index contributed by atoms with van der Waals surface area (Å²) < 4.78 is 28.8. The topological polar surface area (TPSA) is 73.4 Å². The molecule has 4 aromatic rings. The fourth-order valence-corrected chi connectivity index (χ4v) is 5.05. The van der Waals surface area contributed by atoms with Crippen LogP contribution in [0.2, 0.25) is 0 Å². The lowest BCUT2D eigenvalue weighted by Crippen LogP contribution is -2.44. The summed E-state index contributed by atoms with van der Waals surface area (Å²) in [5, 5.41) is 6.19. The zero-order valence-corrected chi connectivity index (χ0v) is 20.8. The minimum Gasteiger partial charge on any atom is -0.368 e. The van der Waals surface area contributed by atoms with Crippen LogP contribution in [-0.2, 0) is 6.54 Å². The SMILES string of the molecule is CN1CCN(c2ccc(Nc3ccc(-c4ccnc(-c5c(F)cccc5F)c4)c4c3C(=O)NC4)nc2)CC1. The second-order valence-electron chi connectivity index (χ2n) is 9.54. The molecule has 2 aliphatic rings. The van der Waals surface area contributed by atoms with Gasteiger partial charge in [0, 0.05) is 38.9 Å². The molecule has 2 aromatic carbocycles. The van der Waals surface area contributed by atoms with Gasteiger partial charge in [0.05, 0.1) is 34.4 Å². The van der Waals surface area contributed by atoms with Gasteiger partial charge in [0.25, 0.3) is 5.91 Å². The van der Waals surface area contributed by atoms with Crippen LogP contribution in [0.4, 0.5) is 26.0 Å². The second kappa shape index (κ2) is 9.83. The standard InChI is InChI=1S/C29H26F2N6O/c1-36-11-13-37(14-12-36)19-5-8-26(33-16-19)35-24-7-6-20(21-17-34-29(38)27(21)24)18-9-10-32-25(15-18)28-22(30)3-2-4-23(28)31/h2-10,15-16H,11-14,17H2,1H3,(H,33,35)(H,34,38). The van der Waals surface area contributed by atoms with Crippen LogP contribution in [0, 0.1) is 11.6 Å². The summed E-state index contributed by atoms with van der Waals surface area (Å²) in [6, 6.07) is 14.8. The van der Waals surface area contributed by atoms with E-state index in [1.807, 2.05) is 30.5 Å². The zero-order chi connectivity index (χ0) is 26.2.